The molecular formula is C8H10IN5OS. The van der Waals surface area contributed by atoms with Crippen molar-refractivity contribution in [3.8, 4) is 0 Å². The maximum absolute atomic E-state index is 9.35. The molecule has 3 N–H and O–H groups in total. The minimum absolute atomic E-state index is 0.600. The van der Waals surface area contributed by atoms with Crippen molar-refractivity contribution in [3.63, 3.8) is 0 Å². The van der Waals surface area contributed by atoms with Crippen molar-refractivity contribution >= 4 is 51.2 Å². The monoisotopic (exact) mass is 351 g/mol. The van der Waals surface area contributed by atoms with E-state index in [1.54, 1.807) is 6.92 Å². The normalized spacial score (nSPS) is 13.0. The molecule has 0 bridgehead atoms. The predicted octanol–water partition coefficient (Wildman–Crippen LogP) is 1.43. The molecule has 0 radical (unpaired) electrons. The van der Waals surface area contributed by atoms with E-state index in [4.69, 9.17) is 0 Å². The number of thioether (sulfide) groups is 1. The molecule has 0 spiro atoms. The van der Waals surface area contributed by atoms with Crippen molar-refractivity contribution in [2.24, 2.45) is 0 Å². The lowest BCUT2D eigenvalue weighted by molar-refractivity contribution is 0.224. The highest BCUT2D eigenvalue weighted by Crippen LogP contribution is 2.26. The van der Waals surface area contributed by atoms with Crippen molar-refractivity contribution in [2.45, 2.75) is 18.3 Å². The van der Waals surface area contributed by atoms with Gasteiger partial charge in [0.25, 0.3) is 0 Å². The molecule has 6 nitrogen and oxygen atoms in total. The average Bonchev–Trinajstić information content (AvgIpc) is 2.59. The van der Waals surface area contributed by atoms with Gasteiger partial charge in [-0.1, -0.05) is 11.8 Å². The number of fused-ring (bicyclic) bond motifs is 1. The van der Waals surface area contributed by atoms with Crippen LogP contribution in [0.1, 0.15) is 6.92 Å². The molecule has 0 aromatic carbocycles. The topological polar surface area (TPSA) is 86.7 Å². The van der Waals surface area contributed by atoms with Crippen LogP contribution < -0.4 is 5.32 Å². The van der Waals surface area contributed by atoms with E-state index in [2.05, 4.69) is 48.1 Å². The van der Waals surface area contributed by atoms with Gasteiger partial charge in [0.1, 0.15) is 15.7 Å². The molecule has 1 atom stereocenters. The molecule has 1 unspecified atom stereocenters. The lowest BCUT2D eigenvalue weighted by Crippen LogP contribution is -2.15. The molecule has 0 saturated carbocycles. The van der Waals surface area contributed by atoms with E-state index in [9.17, 15) is 5.11 Å². The van der Waals surface area contributed by atoms with E-state index in [1.165, 1.54) is 11.8 Å². The number of hydrogen-bond donors (Lipinski definition) is 3. The third-order valence-corrected chi connectivity index (χ3v) is 3.21. The third kappa shape index (κ3) is 2.23. The number of aliphatic hydroxyl groups excluding tert-OH is 1. The van der Waals surface area contributed by atoms with Crippen LogP contribution in [0, 0.1) is 3.70 Å². The van der Waals surface area contributed by atoms with Crippen molar-refractivity contribution in [1.29, 1.82) is 0 Å². The Bertz CT molecular complexity index is 514. The Balaban J connectivity index is 2.61. The van der Waals surface area contributed by atoms with E-state index in [1.807, 2.05) is 6.26 Å². The number of hydrogen-bond acceptors (Lipinski definition) is 6. The third-order valence-electron chi connectivity index (χ3n) is 1.88. The molecule has 0 aliphatic rings. The summed E-state index contributed by atoms with van der Waals surface area (Å²) < 4.78 is 0.850. The lowest BCUT2D eigenvalue weighted by atomic mass is 10.4. The summed E-state index contributed by atoms with van der Waals surface area (Å²) in [5, 5.41) is 20.6. The van der Waals surface area contributed by atoms with Crippen LogP contribution in [0.25, 0.3) is 11.0 Å². The minimum Gasteiger partial charge on any atom is -0.374 e. The van der Waals surface area contributed by atoms with Gasteiger partial charge in [0.05, 0.1) is 5.39 Å². The smallest absolute Gasteiger partial charge is 0.191 e. The fourth-order valence-electron chi connectivity index (χ4n) is 1.26. The van der Waals surface area contributed by atoms with Gasteiger partial charge in [-0.25, -0.2) is 9.97 Å². The number of nitrogens with zero attached hydrogens (tertiary/aromatic N) is 3. The van der Waals surface area contributed by atoms with Gasteiger partial charge >= 0.3 is 0 Å². The minimum atomic E-state index is -0.668. The van der Waals surface area contributed by atoms with E-state index in [0.29, 0.717) is 16.6 Å². The standard InChI is InChI=1S/C8H10IN5OS/c1-3(15)10-6-4-5(9)13-14-7(4)12-8(11-6)16-2/h3,15H,1-2H3,(H2,10,11,12,13,14). The molecule has 2 aromatic rings. The summed E-state index contributed by atoms with van der Waals surface area (Å²) in [5.74, 6) is 0.600. The summed E-state index contributed by atoms with van der Waals surface area (Å²) in [6.45, 7) is 1.64. The SMILES string of the molecule is CSc1nc(NC(C)O)c2c(I)[nH]nc2n1. The van der Waals surface area contributed by atoms with Crippen LogP contribution in [0.4, 0.5) is 5.82 Å². The van der Waals surface area contributed by atoms with Crippen molar-refractivity contribution < 1.29 is 5.11 Å². The van der Waals surface area contributed by atoms with Crippen LogP contribution in [-0.2, 0) is 0 Å². The van der Waals surface area contributed by atoms with E-state index in [-0.39, 0.29) is 0 Å². The summed E-state index contributed by atoms with van der Waals surface area (Å²) in [5.41, 5.74) is 0.604. The molecular weight excluding hydrogens is 341 g/mol. The summed E-state index contributed by atoms with van der Waals surface area (Å²) in [7, 11) is 0. The first-order valence-corrected chi connectivity index (χ1v) is 6.82. The highest BCUT2D eigenvalue weighted by molar-refractivity contribution is 14.1. The van der Waals surface area contributed by atoms with Crippen LogP contribution in [0.15, 0.2) is 5.16 Å². The second-order valence-corrected chi connectivity index (χ2v) is 4.97. The second-order valence-electron chi connectivity index (χ2n) is 3.12. The quantitative estimate of drug-likeness (QED) is 0.336. The summed E-state index contributed by atoms with van der Waals surface area (Å²) >= 11 is 3.56. The Labute approximate surface area is 110 Å². The van der Waals surface area contributed by atoms with Crippen molar-refractivity contribution in [2.75, 3.05) is 11.6 Å². The first-order valence-electron chi connectivity index (χ1n) is 4.52. The zero-order valence-corrected chi connectivity index (χ0v) is 11.6. The van der Waals surface area contributed by atoms with Gasteiger partial charge in [-0.3, -0.25) is 5.10 Å². The number of anilines is 1. The average molecular weight is 351 g/mol. The van der Waals surface area contributed by atoms with Gasteiger partial charge in [-0.05, 0) is 35.8 Å². The Morgan fingerprint density at radius 1 is 1.50 bits per heavy atom. The van der Waals surface area contributed by atoms with Crippen LogP contribution in [0.5, 0.6) is 0 Å². The molecule has 8 heteroatoms. The molecule has 0 amide bonds. The van der Waals surface area contributed by atoms with Crippen molar-refractivity contribution in [1.82, 2.24) is 20.2 Å². The zero-order valence-electron chi connectivity index (χ0n) is 8.65. The van der Waals surface area contributed by atoms with Crippen LogP contribution in [-0.4, -0.2) is 37.8 Å². The predicted molar refractivity (Wildman–Crippen MR) is 71.5 cm³/mol. The number of aromatic amines is 1. The fraction of sp³-hybridized carbons (Fsp3) is 0.375. The maximum Gasteiger partial charge on any atom is 0.191 e. The van der Waals surface area contributed by atoms with Crippen LogP contribution in [0.3, 0.4) is 0 Å². The second kappa shape index (κ2) is 4.72. The molecule has 0 fully saturated rings. The van der Waals surface area contributed by atoms with Crippen molar-refractivity contribution in [3.05, 3.63) is 3.70 Å². The molecule has 0 saturated heterocycles. The maximum atomic E-state index is 9.35. The number of H-pyrrole nitrogens is 1. The van der Waals surface area contributed by atoms with Gasteiger partial charge in [-0.15, -0.1) is 0 Å². The molecule has 86 valence electrons. The number of rotatable bonds is 3. The molecule has 2 aromatic heterocycles. The van der Waals surface area contributed by atoms with Gasteiger partial charge in [0, 0.05) is 0 Å². The van der Waals surface area contributed by atoms with Gasteiger partial charge in [0.15, 0.2) is 10.8 Å². The first kappa shape index (κ1) is 11.9. The van der Waals surface area contributed by atoms with Crippen LogP contribution in [0.2, 0.25) is 0 Å². The first-order chi connectivity index (χ1) is 7.61. The van der Waals surface area contributed by atoms with E-state index < -0.39 is 6.23 Å². The Morgan fingerprint density at radius 2 is 2.25 bits per heavy atom. The molecule has 0 aliphatic carbocycles. The van der Waals surface area contributed by atoms with Crippen LogP contribution >= 0.6 is 34.4 Å². The Hall–Kier alpha value is -0.610. The van der Waals surface area contributed by atoms with Gasteiger partial charge in [0.2, 0.25) is 0 Å². The fourth-order valence-corrected chi connectivity index (χ4v) is 2.24. The highest BCUT2D eigenvalue weighted by Gasteiger charge is 2.14. The van der Waals surface area contributed by atoms with E-state index in [0.717, 1.165) is 9.09 Å². The number of nitrogens with one attached hydrogen (secondary N) is 2. The van der Waals surface area contributed by atoms with Gasteiger partial charge in [-0.2, -0.15) is 5.10 Å². The lowest BCUT2D eigenvalue weighted by Gasteiger charge is -2.09. The summed E-state index contributed by atoms with van der Waals surface area (Å²) in [4.78, 5) is 8.57. The zero-order chi connectivity index (χ0) is 11.7. The Kier molecular flexibility index (Phi) is 3.50. The summed E-state index contributed by atoms with van der Waals surface area (Å²) in [6, 6.07) is 0. The largest absolute Gasteiger partial charge is 0.374 e. The summed E-state index contributed by atoms with van der Waals surface area (Å²) in [6.07, 6.45) is 1.23. The number of aromatic nitrogens is 4. The number of halogens is 1. The number of aliphatic hydroxyl groups is 1. The van der Waals surface area contributed by atoms with E-state index >= 15 is 0 Å². The van der Waals surface area contributed by atoms with Gasteiger partial charge < -0.3 is 10.4 Å². The molecule has 16 heavy (non-hydrogen) atoms. The highest BCUT2D eigenvalue weighted by atomic mass is 127. The molecule has 0 aliphatic heterocycles. The molecule has 2 heterocycles. The molecule has 2 rings (SSSR count). The Morgan fingerprint density at radius 3 is 2.88 bits per heavy atom.